The van der Waals surface area contributed by atoms with Gasteiger partial charge in [-0.3, -0.25) is 4.79 Å². The van der Waals surface area contributed by atoms with Crippen LogP contribution < -0.4 is 5.32 Å². The average Bonchev–Trinajstić information content (AvgIpc) is 2.40. The van der Waals surface area contributed by atoms with E-state index in [2.05, 4.69) is 5.32 Å². The molecule has 2 rings (SSSR count). The van der Waals surface area contributed by atoms with Crippen molar-refractivity contribution in [2.24, 2.45) is 0 Å². The lowest BCUT2D eigenvalue weighted by atomic mass is 10.1. The zero-order valence-electron chi connectivity index (χ0n) is 10.6. The van der Waals surface area contributed by atoms with E-state index in [1.165, 1.54) is 6.92 Å². The number of anilines is 1. The Bertz CT molecular complexity index is 603. The highest BCUT2D eigenvalue weighted by Gasteiger charge is 2.02. The highest BCUT2D eigenvalue weighted by molar-refractivity contribution is 5.90. The highest BCUT2D eigenvalue weighted by atomic mass is 16.3. The molecule has 0 bridgehead atoms. The van der Waals surface area contributed by atoms with E-state index in [9.17, 15) is 9.90 Å². The Balaban J connectivity index is 2.16. The molecule has 2 N–H and O–H groups in total. The van der Waals surface area contributed by atoms with Crippen molar-refractivity contribution in [1.29, 1.82) is 0 Å². The Morgan fingerprint density at radius 2 is 1.74 bits per heavy atom. The van der Waals surface area contributed by atoms with E-state index in [4.69, 9.17) is 0 Å². The maximum Gasteiger partial charge on any atom is 0.221 e. The first-order valence-corrected chi connectivity index (χ1v) is 5.99. The van der Waals surface area contributed by atoms with Crippen molar-refractivity contribution < 1.29 is 9.90 Å². The molecule has 96 valence electrons. The molecule has 0 unspecified atom stereocenters. The van der Waals surface area contributed by atoms with Crippen LogP contribution in [0.5, 0.6) is 5.75 Å². The predicted octanol–water partition coefficient (Wildman–Crippen LogP) is 3.52. The third-order valence-corrected chi connectivity index (χ3v) is 2.60. The zero-order valence-corrected chi connectivity index (χ0v) is 10.6. The average molecular weight is 253 g/mol. The lowest BCUT2D eigenvalue weighted by molar-refractivity contribution is -0.114. The van der Waals surface area contributed by atoms with Gasteiger partial charge in [-0.25, -0.2) is 0 Å². The number of phenolic OH excluding ortho intramolecular Hbond substituents is 1. The summed E-state index contributed by atoms with van der Waals surface area (Å²) in [7, 11) is 0. The summed E-state index contributed by atoms with van der Waals surface area (Å²) in [5.41, 5.74) is 2.38. The minimum Gasteiger partial charge on any atom is -0.506 e. The van der Waals surface area contributed by atoms with Crippen LogP contribution in [0.2, 0.25) is 0 Å². The second-order valence-electron chi connectivity index (χ2n) is 4.20. The maximum absolute atomic E-state index is 10.9. The van der Waals surface area contributed by atoms with Crippen molar-refractivity contribution in [2.75, 3.05) is 5.32 Å². The van der Waals surface area contributed by atoms with Crippen LogP contribution in [0.3, 0.4) is 0 Å². The molecule has 0 spiro atoms. The van der Waals surface area contributed by atoms with E-state index in [0.717, 1.165) is 11.1 Å². The molecule has 0 heterocycles. The molecule has 0 atom stereocenters. The Hall–Kier alpha value is -2.55. The van der Waals surface area contributed by atoms with Gasteiger partial charge in [0.05, 0.1) is 5.69 Å². The number of rotatable bonds is 3. The van der Waals surface area contributed by atoms with Gasteiger partial charge in [0.15, 0.2) is 0 Å². The summed E-state index contributed by atoms with van der Waals surface area (Å²) in [6, 6.07) is 15.0. The Morgan fingerprint density at radius 1 is 1.05 bits per heavy atom. The number of carbonyl (C=O) groups excluding carboxylic acids is 1. The fraction of sp³-hybridized carbons (Fsp3) is 0.0625. The molecular weight excluding hydrogens is 238 g/mol. The lowest BCUT2D eigenvalue weighted by Gasteiger charge is -2.05. The lowest BCUT2D eigenvalue weighted by Crippen LogP contribution is -2.05. The molecule has 0 saturated carbocycles. The number of amides is 1. The van der Waals surface area contributed by atoms with Gasteiger partial charge in [0.1, 0.15) is 5.75 Å². The monoisotopic (exact) mass is 253 g/mol. The fourth-order valence-corrected chi connectivity index (χ4v) is 1.70. The number of carbonyl (C=O) groups is 1. The van der Waals surface area contributed by atoms with Gasteiger partial charge in [-0.1, -0.05) is 48.6 Å². The number of benzene rings is 2. The van der Waals surface area contributed by atoms with Gasteiger partial charge in [-0.15, -0.1) is 0 Å². The van der Waals surface area contributed by atoms with Gasteiger partial charge < -0.3 is 10.4 Å². The SMILES string of the molecule is CC(=O)Nc1ccc(C=Cc2ccccc2)cc1O. The molecule has 19 heavy (non-hydrogen) atoms. The van der Waals surface area contributed by atoms with Crippen LogP contribution in [0.4, 0.5) is 5.69 Å². The van der Waals surface area contributed by atoms with Gasteiger partial charge in [-0.2, -0.15) is 0 Å². The van der Waals surface area contributed by atoms with Crippen LogP contribution >= 0.6 is 0 Å². The van der Waals surface area contributed by atoms with E-state index in [-0.39, 0.29) is 11.7 Å². The minimum absolute atomic E-state index is 0.0606. The van der Waals surface area contributed by atoms with Crippen molar-refractivity contribution in [1.82, 2.24) is 0 Å². The minimum atomic E-state index is -0.206. The molecule has 2 aromatic rings. The molecule has 0 aliphatic heterocycles. The molecule has 3 nitrogen and oxygen atoms in total. The summed E-state index contributed by atoms with van der Waals surface area (Å²) in [5.74, 6) is -0.145. The van der Waals surface area contributed by atoms with Crippen LogP contribution in [0.25, 0.3) is 12.2 Å². The zero-order chi connectivity index (χ0) is 13.7. The second-order valence-corrected chi connectivity index (χ2v) is 4.20. The van der Waals surface area contributed by atoms with Crippen molar-refractivity contribution in [2.45, 2.75) is 6.92 Å². The third-order valence-electron chi connectivity index (χ3n) is 2.60. The van der Waals surface area contributed by atoms with Crippen LogP contribution in [0.1, 0.15) is 18.1 Å². The quantitative estimate of drug-likeness (QED) is 0.649. The largest absolute Gasteiger partial charge is 0.506 e. The number of hydrogen-bond donors (Lipinski definition) is 2. The second kappa shape index (κ2) is 5.87. The van der Waals surface area contributed by atoms with E-state index in [1.54, 1.807) is 12.1 Å². The summed E-state index contributed by atoms with van der Waals surface area (Å²) in [6.07, 6.45) is 3.87. The first-order chi connectivity index (χ1) is 9.15. The molecule has 0 fully saturated rings. The molecule has 0 radical (unpaired) electrons. The van der Waals surface area contributed by atoms with Gasteiger partial charge in [0.25, 0.3) is 0 Å². The van der Waals surface area contributed by atoms with Crippen molar-refractivity contribution in [3.63, 3.8) is 0 Å². The van der Waals surface area contributed by atoms with E-state index >= 15 is 0 Å². The van der Waals surface area contributed by atoms with Gasteiger partial charge in [0, 0.05) is 6.92 Å². The molecule has 1 amide bonds. The smallest absolute Gasteiger partial charge is 0.221 e. The van der Waals surface area contributed by atoms with Crippen molar-refractivity contribution in [3.8, 4) is 5.75 Å². The normalized spacial score (nSPS) is 10.6. The summed E-state index contributed by atoms with van der Waals surface area (Å²) in [5, 5.41) is 12.3. The molecule has 0 aliphatic rings. The molecule has 0 aromatic heterocycles. The topological polar surface area (TPSA) is 49.3 Å². The molecule has 0 saturated heterocycles. The summed E-state index contributed by atoms with van der Waals surface area (Å²) in [4.78, 5) is 10.9. The molecule has 2 aromatic carbocycles. The highest BCUT2D eigenvalue weighted by Crippen LogP contribution is 2.25. The van der Waals surface area contributed by atoms with Crippen LogP contribution in [-0.2, 0) is 4.79 Å². The number of phenols is 1. The molecule has 0 aliphatic carbocycles. The summed E-state index contributed by atoms with van der Waals surface area (Å²) < 4.78 is 0. The number of aromatic hydroxyl groups is 1. The van der Waals surface area contributed by atoms with Crippen LogP contribution in [0, 0.1) is 0 Å². The van der Waals surface area contributed by atoms with E-state index in [1.807, 2.05) is 48.6 Å². The standard InChI is InChI=1S/C16H15NO2/c1-12(18)17-15-10-9-14(11-16(15)19)8-7-13-5-3-2-4-6-13/h2-11,19H,1H3,(H,17,18). The van der Waals surface area contributed by atoms with Crippen LogP contribution in [-0.4, -0.2) is 11.0 Å². The molecular formula is C16H15NO2. The van der Waals surface area contributed by atoms with Gasteiger partial charge in [-0.05, 0) is 23.3 Å². The number of hydrogen-bond acceptors (Lipinski definition) is 2. The fourth-order valence-electron chi connectivity index (χ4n) is 1.70. The summed E-state index contributed by atoms with van der Waals surface area (Å²) in [6.45, 7) is 1.41. The first kappa shape index (κ1) is 12.9. The van der Waals surface area contributed by atoms with Crippen molar-refractivity contribution >= 4 is 23.7 Å². The Kier molecular flexibility index (Phi) is 3.98. The molecule has 3 heteroatoms. The number of nitrogens with one attached hydrogen (secondary N) is 1. The Labute approximate surface area is 112 Å². The van der Waals surface area contributed by atoms with E-state index in [0.29, 0.717) is 5.69 Å². The summed E-state index contributed by atoms with van der Waals surface area (Å²) >= 11 is 0. The van der Waals surface area contributed by atoms with Crippen molar-refractivity contribution in [3.05, 3.63) is 59.7 Å². The van der Waals surface area contributed by atoms with Gasteiger partial charge in [0.2, 0.25) is 5.91 Å². The predicted molar refractivity (Wildman–Crippen MR) is 77.8 cm³/mol. The third kappa shape index (κ3) is 3.71. The first-order valence-electron chi connectivity index (χ1n) is 5.99. The Morgan fingerprint density at radius 3 is 2.37 bits per heavy atom. The van der Waals surface area contributed by atoms with E-state index < -0.39 is 0 Å². The van der Waals surface area contributed by atoms with Crippen LogP contribution in [0.15, 0.2) is 48.5 Å². The van der Waals surface area contributed by atoms with Gasteiger partial charge >= 0.3 is 0 Å². The maximum atomic E-state index is 10.9.